The van der Waals surface area contributed by atoms with Gasteiger partial charge in [0.05, 0.1) is 18.5 Å². The average Bonchev–Trinajstić information content (AvgIpc) is 3.11. The fourth-order valence-electron chi connectivity index (χ4n) is 2.23. The highest BCUT2D eigenvalue weighted by atomic mass is 19.1. The Morgan fingerprint density at radius 3 is 2.79 bits per heavy atom. The van der Waals surface area contributed by atoms with Gasteiger partial charge in [0.2, 0.25) is 0 Å². The van der Waals surface area contributed by atoms with E-state index in [1.54, 1.807) is 42.3 Å². The summed E-state index contributed by atoms with van der Waals surface area (Å²) in [4.78, 5) is 13.4. The molecule has 1 aromatic carbocycles. The number of halogens is 1. The van der Waals surface area contributed by atoms with Crippen molar-refractivity contribution in [3.05, 3.63) is 54.2 Å². The van der Waals surface area contributed by atoms with Crippen LogP contribution in [0.25, 0.3) is 0 Å². The number of amides is 2. The third-order valence-corrected chi connectivity index (χ3v) is 3.55. The largest absolute Gasteiger partial charge is 0.467 e. The number of urea groups is 1. The monoisotopic (exact) mass is 335 g/mol. The SMILES string of the molecule is CN(CCCNC(=O)NCC(O)c1ccco1)c1ccccc1F. The molecule has 0 fully saturated rings. The van der Waals surface area contributed by atoms with E-state index in [1.165, 1.54) is 12.3 Å². The lowest BCUT2D eigenvalue weighted by molar-refractivity contribution is 0.148. The summed E-state index contributed by atoms with van der Waals surface area (Å²) in [5.74, 6) is 0.138. The van der Waals surface area contributed by atoms with E-state index in [0.717, 1.165) is 0 Å². The molecule has 1 aromatic heterocycles. The molecular formula is C17H22FN3O3. The normalized spacial score (nSPS) is 11.8. The Bertz CT molecular complexity index is 634. The van der Waals surface area contributed by atoms with Gasteiger partial charge >= 0.3 is 6.03 Å². The van der Waals surface area contributed by atoms with E-state index in [-0.39, 0.29) is 18.4 Å². The van der Waals surface area contributed by atoms with Crippen molar-refractivity contribution in [2.24, 2.45) is 0 Å². The van der Waals surface area contributed by atoms with Gasteiger partial charge in [-0.2, -0.15) is 0 Å². The number of hydrogen-bond acceptors (Lipinski definition) is 4. The molecule has 3 N–H and O–H groups in total. The molecule has 1 heterocycles. The first-order valence-corrected chi connectivity index (χ1v) is 7.76. The van der Waals surface area contributed by atoms with Crippen molar-refractivity contribution in [2.45, 2.75) is 12.5 Å². The van der Waals surface area contributed by atoms with Crippen LogP contribution in [0.3, 0.4) is 0 Å². The van der Waals surface area contributed by atoms with Crippen LogP contribution in [0.5, 0.6) is 0 Å². The van der Waals surface area contributed by atoms with E-state index in [1.807, 2.05) is 0 Å². The minimum atomic E-state index is -0.877. The highest BCUT2D eigenvalue weighted by Gasteiger charge is 2.11. The highest BCUT2D eigenvalue weighted by molar-refractivity contribution is 5.73. The maximum Gasteiger partial charge on any atom is 0.314 e. The molecular weight excluding hydrogens is 313 g/mol. The number of nitrogens with zero attached hydrogens (tertiary/aromatic N) is 1. The van der Waals surface area contributed by atoms with Crippen LogP contribution in [0.2, 0.25) is 0 Å². The van der Waals surface area contributed by atoms with Gasteiger partial charge in [0, 0.05) is 20.1 Å². The molecule has 0 radical (unpaired) electrons. The van der Waals surface area contributed by atoms with Crippen LogP contribution in [-0.2, 0) is 0 Å². The third kappa shape index (κ3) is 5.27. The van der Waals surface area contributed by atoms with Gasteiger partial charge < -0.3 is 25.1 Å². The second-order valence-corrected chi connectivity index (χ2v) is 5.39. The van der Waals surface area contributed by atoms with Gasteiger partial charge in [-0.15, -0.1) is 0 Å². The summed E-state index contributed by atoms with van der Waals surface area (Å²) < 4.78 is 18.7. The molecule has 6 nitrogen and oxygen atoms in total. The number of aliphatic hydroxyl groups excluding tert-OH is 1. The molecule has 0 spiro atoms. The Hall–Kier alpha value is -2.54. The van der Waals surface area contributed by atoms with E-state index >= 15 is 0 Å². The van der Waals surface area contributed by atoms with E-state index < -0.39 is 6.10 Å². The molecule has 2 rings (SSSR count). The molecule has 0 saturated heterocycles. The zero-order chi connectivity index (χ0) is 17.4. The van der Waals surface area contributed by atoms with Gasteiger partial charge in [0.25, 0.3) is 0 Å². The maximum atomic E-state index is 13.6. The van der Waals surface area contributed by atoms with Crippen LogP contribution >= 0.6 is 0 Å². The minimum Gasteiger partial charge on any atom is -0.467 e. The Labute approximate surface area is 140 Å². The topological polar surface area (TPSA) is 77.7 Å². The first-order valence-electron chi connectivity index (χ1n) is 7.76. The number of aliphatic hydroxyl groups is 1. The molecule has 0 aliphatic carbocycles. The Morgan fingerprint density at radius 2 is 2.08 bits per heavy atom. The number of hydrogen-bond donors (Lipinski definition) is 3. The molecule has 130 valence electrons. The van der Waals surface area contributed by atoms with Crippen molar-refractivity contribution < 1.29 is 18.7 Å². The number of carbonyl (C=O) groups is 1. The lowest BCUT2D eigenvalue weighted by atomic mass is 10.2. The molecule has 1 unspecified atom stereocenters. The van der Waals surface area contributed by atoms with Crippen LogP contribution < -0.4 is 15.5 Å². The highest BCUT2D eigenvalue weighted by Crippen LogP contribution is 2.16. The summed E-state index contributed by atoms with van der Waals surface area (Å²) in [5.41, 5.74) is 0.531. The zero-order valence-corrected chi connectivity index (χ0v) is 13.5. The molecule has 0 saturated carbocycles. The second-order valence-electron chi connectivity index (χ2n) is 5.39. The molecule has 0 aliphatic heterocycles. The predicted octanol–water partition coefficient (Wildman–Crippen LogP) is 2.28. The summed E-state index contributed by atoms with van der Waals surface area (Å²) in [7, 11) is 1.80. The van der Waals surface area contributed by atoms with E-state index in [0.29, 0.717) is 31.0 Å². The molecule has 0 aliphatic rings. The number of rotatable bonds is 8. The average molecular weight is 335 g/mol. The summed E-state index contributed by atoms with van der Waals surface area (Å²) in [6.07, 6.45) is 1.25. The van der Waals surface area contributed by atoms with Gasteiger partial charge in [-0.3, -0.25) is 0 Å². The number of anilines is 1. The van der Waals surface area contributed by atoms with Crippen LogP contribution in [0.15, 0.2) is 47.1 Å². The number of nitrogens with one attached hydrogen (secondary N) is 2. The molecule has 7 heteroatoms. The quantitative estimate of drug-likeness (QED) is 0.647. The summed E-state index contributed by atoms with van der Waals surface area (Å²) in [6.45, 7) is 1.12. The summed E-state index contributed by atoms with van der Waals surface area (Å²) in [5, 5.41) is 15.0. The predicted molar refractivity (Wildman–Crippen MR) is 89.4 cm³/mol. The van der Waals surface area contributed by atoms with Gasteiger partial charge in [0.15, 0.2) is 0 Å². The second kappa shape index (κ2) is 8.93. The zero-order valence-electron chi connectivity index (χ0n) is 13.5. The van der Waals surface area contributed by atoms with Gasteiger partial charge in [0.1, 0.15) is 17.7 Å². The minimum absolute atomic E-state index is 0.0640. The fraction of sp³-hybridized carbons (Fsp3) is 0.353. The fourth-order valence-corrected chi connectivity index (χ4v) is 2.23. The first-order chi connectivity index (χ1) is 11.6. The van der Waals surface area contributed by atoms with Crippen LogP contribution in [0.4, 0.5) is 14.9 Å². The number of para-hydroxylation sites is 1. The van der Waals surface area contributed by atoms with Crippen molar-refractivity contribution in [3.63, 3.8) is 0 Å². The molecule has 1 atom stereocenters. The Kier molecular flexibility index (Phi) is 6.62. The van der Waals surface area contributed by atoms with E-state index in [9.17, 15) is 14.3 Å². The Balaban J connectivity index is 1.62. The lowest BCUT2D eigenvalue weighted by Crippen LogP contribution is -2.39. The number of carbonyl (C=O) groups excluding carboxylic acids is 1. The van der Waals surface area contributed by atoms with E-state index in [2.05, 4.69) is 10.6 Å². The third-order valence-electron chi connectivity index (χ3n) is 3.55. The first kappa shape index (κ1) is 17.8. The lowest BCUT2D eigenvalue weighted by Gasteiger charge is -2.20. The van der Waals surface area contributed by atoms with Crippen molar-refractivity contribution in [2.75, 3.05) is 31.6 Å². The van der Waals surface area contributed by atoms with Crippen molar-refractivity contribution in [1.29, 1.82) is 0 Å². The van der Waals surface area contributed by atoms with Crippen LogP contribution in [0.1, 0.15) is 18.3 Å². The summed E-state index contributed by atoms with van der Waals surface area (Å²) >= 11 is 0. The smallest absolute Gasteiger partial charge is 0.314 e. The van der Waals surface area contributed by atoms with Gasteiger partial charge in [-0.05, 0) is 30.7 Å². The van der Waals surface area contributed by atoms with Gasteiger partial charge in [-0.1, -0.05) is 12.1 Å². The summed E-state index contributed by atoms with van der Waals surface area (Å²) in [6, 6.07) is 9.51. The van der Waals surface area contributed by atoms with E-state index in [4.69, 9.17) is 4.42 Å². The van der Waals surface area contributed by atoms with Crippen molar-refractivity contribution >= 4 is 11.7 Å². The maximum absolute atomic E-state index is 13.6. The van der Waals surface area contributed by atoms with Crippen LogP contribution in [0, 0.1) is 5.82 Å². The number of furan rings is 1. The molecule has 2 amide bonds. The molecule has 24 heavy (non-hydrogen) atoms. The molecule has 2 aromatic rings. The van der Waals surface area contributed by atoms with Crippen molar-refractivity contribution in [3.8, 4) is 0 Å². The number of benzene rings is 1. The van der Waals surface area contributed by atoms with Gasteiger partial charge in [-0.25, -0.2) is 9.18 Å². The molecule has 0 bridgehead atoms. The Morgan fingerprint density at radius 1 is 1.29 bits per heavy atom. The van der Waals surface area contributed by atoms with Crippen LogP contribution in [-0.4, -0.2) is 37.8 Å². The van der Waals surface area contributed by atoms with Crippen molar-refractivity contribution in [1.82, 2.24) is 10.6 Å². The standard InChI is InChI=1S/C17H22FN3O3/c1-21(14-7-3-2-6-13(14)18)10-5-9-19-17(23)20-12-15(22)16-8-4-11-24-16/h2-4,6-8,11,15,22H,5,9-10,12H2,1H3,(H2,19,20,23).